The van der Waals surface area contributed by atoms with Crippen LogP contribution in [0.25, 0.3) is 0 Å². The lowest BCUT2D eigenvalue weighted by Gasteiger charge is -2.33. The van der Waals surface area contributed by atoms with Gasteiger partial charge in [-0.05, 0) is 12.3 Å². The van der Waals surface area contributed by atoms with Crippen LogP contribution in [0.15, 0.2) is 0 Å². The lowest BCUT2D eigenvalue weighted by atomic mass is 10.00. The van der Waals surface area contributed by atoms with Gasteiger partial charge in [0.1, 0.15) is 0 Å². The monoisotopic (exact) mass is 156 g/mol. The average molecular weight is 156 g/mol. The molecule has 0 radical (unpaired) electrons. The summed E-state index contributed by atoms with van der Waals surface area (Å²) in [6.07, 6.45) is 1.23. The fourth-order valence-corrected chi connectivity index (χ4v) is 1.52. The summed E-state index contributed by atoms with van der Waals surface area (Å²) in [5, 5.41) is 7.09. The van der Waals surface area contributed by atoms with Crippen LogP contribution in [0.2, 0.25) is 0 Å². The van der Waals surface area contributed by atoms with Crippen molar-refractivity contribution in [3.8, 4) is 0 Å². The Kier molecular flexibility index (Phi) is 3.34. The smallest absolute Gasteiger partial charge is 0.0218 e. The normalized spacial score (nSPS) is 32.7. The van der Waals surface area contributed by atoms with Gasteiger partial charge in [-0.25, -0.2) is 0 Å². The number of rotatable bonds is 2. The average Bonchev–Trinajstić information content (AvgIpc) is 2.05. The first-order chi connectivity index (χ1) is 5.24. The van der Waals surface area contributed by atoms with Crippen LogP contribution in [0.3, 0.4) is 0 Å². The fraction of sp³-hybridized carbons (Fsp3) is 1.00. The predicted octanol–water partition coefficient (Wildman–Crippen LogP) is 0.982. The van der Waals surface area contributed by atoms with Gasteiger partial charge in [0, 0.05) is 25.2 Å². The molecule has 1 heterocycles. The highest BCUT2D eigenvalue weighted by Gasteiger charge is 2.20. The molecule has 0 aromatic rings. The van der Waals surface area contributed by atoms with Gasteiger partial charge in [-0.2, -0.15) is 0 Å². The van der Waals surface area contributed by atoms with E-state index >= 15 is 0 Å². The van der Waals surface area contributed by atoms with E-state index in [0.717, 1.165) is 19.0 Å². The maximum absolute atomic E-state index is 3.64. The van der Waals surface area contributed by atoms with Gasteiger partial charge >= 0.3 is 0 Å². The van der Waals surface area contributed by atoms with Crippen molar-refractivity contribution >= 4 is 0 Å². The molecule has 2 heteroatoms. The summed E-state index contributed by atoms with van der Waals surface area (Å²) >= 11 is 0. The molecular weight excluding hydrogens is 136 g/mol. The molecule has 66 valence electrons. The molecule has 0 amide bonds. The molecule has 1 saturated heterocycles. The van der Waals surface area contributed by atoms with Crippen LogP contribution in [-0.2, 0) is 0 Å². The van der Waals surface area contributed by atoms with E-state index in [-0.39, 0.29) is 0 Å². The molecule has 2 N–H and O–H groups in total. The molecule has 2 atom stereocenters. The number of hydrogen-bond acceptors (Lipinski definition) is 2. The second kappa shape index (κ2) is 4.07. The van der Waals surface area contributed by atoms with Crippen LogP contribution >= 0.6 is 0 Å². The summed E-state index contributed by atoms with van der Waals surface area (Å²) in [6, 6.07) is 1.37. The third-order valence-electron chi connectivity index (χ3n) is 2.50. The zero-order valence-corrected chi connectivity index (χ0v) is 7.85. The molecular formula is C9H20N2. The molecule has 1 fully saturated rings. The highest BCUT2D eigenvalue weighted by molar-refractivity contribution is 4.84. The van der Waals surface area contributed by atoms with Gasteiger partial charge in [0.05, 0.1) is 0 Å². The Morgan fingerprint density at radius 2 is 2.09 bits per heavy atom. The molecule has 1 rings (SSSR count). The van der Waals surface area contributed by atoms with Crippen molar-refractivity contribution in [2.24, 2.45) is 5.92 Å². The summed E-state index contributed by atoms with van der Waals surface area (Å²) in [4.78, 5) is 0. The minimum Gasteiger partial charge on any atom is -0.314 e. The van der Waals surface area contributed by atoms with Crippen LogP contribution in [0.1, 0.15) is 27.2 Å². The van der Waals surface area contributed by atoms with Crippen molar-refractivity contribution in [2.45, 2.75) is 39.3 Å². The van der Waals surface area contributed by atoms with Crippen molar-refractivity contribution in [3.05, 3.63) is 0 Å². The van der Waals surface area contributed by atoms with Crippen LogP contribution in [-0.4, -0.2) is 25.2 Å². The maximum atomic E-state index is 3.64. The number of nitrogens with one attached hydrogen (secondary N) is 2. The van der Waals surface area contributed by atoms with E-state index in [1.165, 1.54) is 6.42 Å². The Hall–Kier alpha value is -0.0800. The Bertz CT molecular complexity index is 112. The first-order valence-corrected chi connectivity index (χ1v) is 4.70. The summed E-state index contributed by atoms with van der Waals surface area (Å²) in [5.41, 5.74) is 0. The SMILES string of the molecule is CCC1CNCC(C(C)C)N1. The molecule has 1 aliphatic heterocycles. The van der Waals surface area contributed by atoms with Crippen molar-refractivity contribution in [1.29, 1.82) is 0 Å². The van der Waals surface area contributed by atoms with E-state index in [4.69, 9.17) is 0 Å². The largest absolute Gasteiger partial charge is 0.314 e. The van der Waals surface area contributed by atoms with E-state index in [1.807, 2.05) is 0 Å². The van der Waals surface area contributed by atoms with E-state index in [2.05, 4.69) is 31.4 Å². The van der Waals surface area contributed by atoms with Gasteiger partial charge in [-0.1, -0.05) is 20.8 Å². The fourth-order valence-electron chi connectivity index (χ4n) is 1.52. The quantitative estimate of drug-likeness (QED) is 0.623. The molecule has 2 unspecified atom stereocenters. The first kappa shape index (κ1) is 9.01. The maximum Gasteiger partial charge on any atom is 0.0218 e. The molecule has 2 nitrogen and oxygen atoms in total. The zero-order valence-electron chi connectivity index (χ0n) is 7.85. The van der Waals surface area contributed by atoms with Gasteiger partial charge in [0.2, 0.25) is 0 Å². The number of hydrogen-bond donors (Lipinski definition) is 2. The van der Waals surface area contributed by atoms with E-state index in [9.17, 15) is 0 Å². The second-order valence-corrected chi connectivity index (χ2v) is 3.78. The summed E-state index contributed by atoms with van der Waals surface area (Å²) < 4.78 is 0. The Balaban J connectivity index is 2.33. The minimum absolute atomic E-state index is 0.675. The van der Waals surface area contributed by atoms with Crippen molar-refractivity contribution in [3.63, 3.8) is 0 Å². The molecule has 0 bridgehead atoms. The second-order valence-electron chi connectivity index (χ2n) is 3.78. The van der Waals surface area contributed by atoms with Crippen LogP contribution in [0, 0.1) is 5.92 Å². The molecule has 0 aliphatic carbocycles. The zero-order chi connectivity index (χ0) is 8.27. The Labute approximate surface area is 69.8 Å². The van der Waals surface area contributed by atoms with Crippen LogP contribution in [0.5, 0.6) is 0 Å². The van der Waals surface area contributed by atoms with Crippen molar-refractivity contribution in [1.82, 2.24) is 10.6 Å². The lowest BCUT2D eigenvalue weighted by molar-refractivity contribution is 0.280. The summed E-state index contributed by atoms with van der Waals surface area (Å²) in [6.45, 7) is 9.06. The molecule has 0 aromatic heterocycles. The first-order valence-electron chi connectivity index (χ1n) is 4.70. The highest BCUT2D eigenvalue weighted by Crippen LogP contribution is 2.06. The summed E-state index contributed by atoms with van der Waals surface area (Å²) in [7, 11) is 0. The Morgan fingerprint density at radius 1 is 1.36 bits per heavy atom. The van der Waals surface area contributed by atoms with Gasteiger partial charge in [-0.15, -0.1) is 0 Å². The lowest BCUT2D eigenvalue weighted by Crippen LogP contribution is -2.56. The van der Waals surface area contributed by atoms with Crippen molar-refractivity contribution in [2.75, 3.05) is 13.1 Å². The van der Waals surface area contributed by atoms with Crippen LogP contribution in [0.4, 0.5) is 0 Å². The molecule has 1 aliphatic rings. The third-order valence-corrected chi connectivity index (χ3v) is 2.50. The van der Waals surface area contributed by atoms with Crippen LogP contribution < -0.4 is 10.6 Å². The number of piperazine rings is 1. The van der Waals surface area contributed by atoms with Gasteiger partial charge in [0.15, 0.2) is 0 Å². The standard InChI is InChI=1S/C9H20N2/c1-4-8-5-10-6-9(11-8)7(2)3/h7-11H,4-6H2,1-3H3. The third kappa shape index (κ3) is 2.46. The van der Waals surface area contributed by atoms with E-state index in [1.54, 1.807) is 0 Å². The minimum atomic E-state index is 0.675. The molecule has 11 heavy (non-hydrogen) atoms. The molecule has 0 spiro atoms. The summed E-state index contributed by atoms with van der Waals surface area (Å²) in [5.74, 6) is 0.747. The molecule has 0 saturated carbocycles. The van der Waals surface area contributed by atoms with Gasteiger partial charge in [-0.3, -0.25) is 0 Å². The predicted molar refractivity (Wildman–Crippen MR) is 48.7 cm³/mol. The topological polar surface area (TPSA) is 24.1 Å². The molecule has 0 aromatic carbocycles. The van der Waals surface area contributed by atoms with Gasteiger partial charge < -0.3 is 10.6 Å². The van der Waals surface area contributed by atoms with Crippen molar-refractivity contribution < 1.29 is 0 Å². The van der Waals surface area contributed by atoms with E-state index < -0.39 is 0 Å². The Morgan fingerprint density at radius 3 is 2.64 bits per heavy atom. The van der Waals surface area contributed by atoms with E-state index in [0.29, 0.717) is 12.1 Å². The highest BCUT2D eigenvalue weighted by atomic mass is 15.1. The van der Waals surface area contributed by atoms with Gasteiger partial charge in [0.25, 0.3) is 0 Å².